The molecule has 1 aliphatic rings. The van der Waals surface area contributed by atoms with Crippen LogP contribution in [0.2, 0.25) is 0 Å². The van der Waals surface area contributed by atoms with E-state index in [-0.39, 0.29) is 0 Å². The Kier molecular flexibility index (Phi) is 7.25. The molecule has 0 radical (unpaired) electrons. The van der Waals surface area contributed by atoms with Gasteiger partial charge in [-0.25, -0.2) is 0 Å². The summed E-state index contributed by atoms with van der Waals surface area (Å²) in [5.41, 5.74) is 6.51. The van der Waals surface area contributed by atoms with Crippen LogP contribution in [0.25, 0.3) is 11.1 Å². The van der Waals surface area contributed by atoms with Crippen LogP contribution < -0.4 is 0 Å². The molecule has 30 heavy (non-hydrogen) atoms. The molecule has 1 saturated heterocycles. The summed E-state index contributed by atoms with van der Waals surface area (Å²) in [4.78, 5) is 9.32. The van der Waals surface area contributed by atoms with Crippen LogP contribution in [0, 0.1) is 6.92 Å². The van der Waals surface area contributed by atoms with Crippen molar-refractivity contribution < 1.29 is 4.74 Å². The van der Waals surface area contributed by atoms with Gasteiger partial charge in [-0.2, -0.15) is 0 Å². The average Bonchev–Trinajstić information content (AvgIpc) is 2.80. The van der Waals surface area contributed by atoms with Crippen molar-refractivity contribution in [1.82, 2.24) is 14.8 Å². The second kappa shape index (κ2) is 10.5. The molecule has 0 unspecified atom stereocenters. The third-order valence-electron chi connectivity index (χ3n) is 5.78. The van der Waals surface area contributed by atoms with Crippen LogP contribution in [0.1, 0.15) is 16.7 Å². The fraction of sp³-hybridized carbons (Fsp3) is 0.346. The second-order valence-electron chi connectivity index (χ2n) is 8.04. The van der Waals surface area contributed by atoms with E-state index in [4.69, 9.17) is 4.74 Å². The summed E-state index contributed by atoms with van der Waals surface area (Å²) in [5, 5.41) is 0. The van der Waals surface area contributed by atoms with Crippen molar-refractivity contribution in [2.75, 3.05) is 39.4 Å². The Bertz CT molecular complexity index is 905. The quantitative estimate of drug-likeness (QED) is 0.560. The number of rotatable bonds is 8. The average molecular weight is 402 g/mol. The first-order chi connectivity index (χ1) is 14.8. The second-order valence-corrected chi connectivity index (χ2v) is 8.04. The van der Waals surface area contributed by atoms with Crippen molar-refractivity contribution in [2.45, 2.75) is 20.0 Å². The maximum atomic E-state index is 5.49. The predicted octanol–water partition coefficient (Wildman–Crippen LogP) is 4.39. The van der Waals surface area contributed by atoms with Gasteiger partial charge >= 0.3 is 0 Å². The monoisotopic (exact) mass is 401 g/mol. The molecule has 0 bridgehead atoms. The lowest BCUT2D eigenvalue weighted by molar-refractivity contribution is 0.0325. The molecular formula is C26H31N3O. The summed E-state index contributed by atoms with van der Waals surface area (Å²) in [6, 6.07) is 21.8. The molecule has 4 rings (SSSR count). The molecule has 0 amide bonds. The van der Waals surface area contributed by atoms with Crippen LogP contribution in [0.15, 0.2) is 73.1 Å². The number of morpholine rings is 1. The van der Waals surface area contributed by atoms with E-state index in [2.05, 4.69) is 76.3 Å². The predicted molar refractivity (Wildman–Crippen MR) is 122 cm³/mol. The van der Waals surface area contributed by atoms with E-state index in [0.717, 1.165) is 52.5 Å². The van der Waals surface area contributed by atoms with Crippen LogP contribution in [-0.4, -0.2) is 54.2 Å². The Morgan fingerprint density at radius 2 is 1.67 bits per heavy atom. The van der Waals surface area contributed by atoms with Crippen LogP contribution in [0.3, 0.4) is 0 Å². The fourth-order valence-corrected chi connectivity index (χ4v) is 4.02. The first-order valence-corrected chi connectivity index (χ1v) is 10.8. The molecule has 3 aromatic rings. The van der Waals surface area contributed by atoms with Crippen molar-refractivity contribution >= 4 is 0 Å². The zero-order valence-electron chi connectivity index (χ0n) is 17.8. The van der Waals surface area contributed by atoms with E-state index in [1.54, 1.807) is 0 Å². The Balaban J connectivity index is 1.44. The summed E-state index contributed by atoms with van der Waals surface area (Å²) >= 11 is 0. The van der Waals surface area contributed by atoms with Gasteiger partial charge in [0.2, 0.25) is 0 Å². The Labute approximate surface area is 180 Å². The Hall–Kier alpha value is -2.53. The zero-order valence-corrected chi connectivity index (χ0v) is 17.8. The molecule has 0 saturated carbocycles. The fourth-order valence-electron chi connectivity index (χ4n) is 4.02. The Morgan fingerprint density at radius 1 is 0.900 bits per heavy atom. The first-order valence-electron chi connectivity index (χ1n) is 10.8. The topological polar surface area (TPSA) is 28.6 Å². The molecule has 4 heteroatoms. The molecule has 1 fully saturated rings. The van der Waals surface area contributed by atoms with Crippen LogP contribution in [0.5, 0.6) is 0 Å². The number of aryl methyl sites for hydroxylation is 1. The molecule has 1 aliphatic heterocycles. The van der Waals surface area contributed by atoms with E-state index < -0.39 is 0 Å². The van der Waals surface area contributed by atoms with E-state index in [0.29, 0.717) is 0 Å². The smallest absolute Gasteiger partial charge is 0.0594 e. The van der Waals surface area contributed by atoms with E-state index in [9.17, 15) is 0 Å². The largest absolute Gasteiger partial charge is 0.379 e. The van der Waals surface area contributed by atoms with Crippen LogP contribution >= 0.6 is 0 Å². The highest BCUT2D eigenvalue weighted by atomic mass is 16.5. The third-order valence-corrected chi connectivity index (χ3v) is 5.78. The molecule has 156 valence electrons. The summed E-state index contributed by atoms with van der Waals surface area (Å²) in [5.74, 6) is 0. The Morgan fingerprint density at radius 3 is 2.40 bits per heavy atom. The van der Waals surface area contributed by atoms with Gasteiger partial charge < -0.3 is 4.74 Å². The first kappa shape index (κ1) is 20.7. The van der Waals surface area contributed by atoms with Crippen molar-refractivity contribution in [3.8, 4) is 11.1 Å². The molecular weight excluding hydrogens is 370 g/mol. The standard InChI is InChI=1S/C26H31N3O/c1-22-5-2-3-7-26(22)25-10-8-23(9-11-25)20-29(21-24-6-4-12-27-19-24)14-13-28-15-17-30-18-16-28/h2-12,19H,13-18,20-21H2,1H3. The maximum Gasteiger partial charge on any atom is 0.0594 e. The highest BCUT2D eigenvalue weighted by Gasteiger charge is 2.14. The number of nitrogens with zero attached hydrogens (tertiary/aromatic N) is 3. The number of pyridine rings is 1. The number of benzene rings is 2. The van der Waals surface area contributed by atoms with Crippen LogP contribution in [0.4, 0.5) is 0 Å². The third kappa shape index (κ3) is 5.76. The number of hydrogen-bond acceptors (Lipinski definition) is 4. The van der Waals surface area contributed by atoms with E-state index in [1.807, 2.05) is 18.5 Å². The summed E-state index contributed by atoms with van der Waals surface area (Å²) in [6.07, 6.45) is 3.81. The van der Waals surface area contributed by atoms with Gasteiger partial charge in [0, 0.05) is 51.7 Å². The van der Waals surface area contributed by atoms with Gasteiger partial charge in [0.15, 0.2) is 0 Å². The molecule has 1 aromatic heterocycles. The normalized spacial score (nSPS) is 14.9. The van der Waals surface area contributed by atoms with E-state index in [1.165, 1.54) is 27.8 Å². The highest BCUT2D eigenvalue weighted by molar-refractivity contribution is 5.67. The molecule has 0 aliphatic carbocycles. The SMILES string of the molecule is Cc1ccccc1-c1ccc(CN(CCN2CCOCC2)Cc2cccnc2)cc1. The lowest BCUT2D eigenvalue weighted by atomic mass is 9.99. The lowest BCUT2D eigenvalue weighted by Gasteiger charge is -2.30. The van der Waals surface area contributed by atoms with E-state index >= 15 is 0 Å². The summed E-state index contributed by atoms with van der Waals surface area (Å²) in [6.45, 7) is 9.90. The van der Waals surface area contributed by atoms with Gasteiger partial charge in [-0.05, 0) is 40.8 Å². The summed E-state index contributed by atoms with van der Waals surface area (Å²) in [7, 11) is 0. The minimum absolute atomic E-state index is 0.850. The number of aromatic nitrogens is 1. The zero-order chi connectivity index (χ0) is 20.6. The number of hydrogen-bond donors (Lipinski definition) is 0. The van der Waals surface area contributed by atoms with Gasteiger partial charge in [0.05, 0.1) is 13.2 Å². The van der Waals surface area contributed by atoms with Crippen molar-refractivity contribution in [3.63, 3.8) is 0 Å². The minimum atomic E-state index is 0.850. The highest BCUT2D eigenvalue weighted by Crippen LogP contribution is 2.23. The molecule has 2 aromatic carbocycles. The molecule has 0 spiro atoms. The van der Waals surface area contributed by atoms with Crippen molar-refractivity contribution in [1.29, 1.82) is 0 Å². The maximum absolute atomic E-state index is 5.49. The molecule has 2 heterocycles. The van der Waals surface area contributed by atoms with Gasteiger partial charge in [-0.15, -0.1) is 0 Å². The van der Waals surface area contributed by atoms with Gasteiger partial charge in [0.25, 0.3) is 0 Å². The molecule has 4 nitrogen and oxygen atoms in total. The number of ether oxygens (including phenoxy) is 1. The minimum Gasteiger partial charge on any atom is -0.379 e. The van der Waals surface area contributed by atoms with Crippen molar-refractivity contribution in [3.05, 3.63) is 89.7 Å². The van der Waals surface area contributed by atoms with Crippen LogP contribution in [-0.2, 0) is 17.8 Å². The van der Waals surface area contributed by atoms with Gasteiger partial charge in [0.1, 0.15) is 0 Å². The van der Waals surface area contributed by atoms with Gasteiger partial charge in [-0.3, -0.25) is 14.8 Å². The molecule has 0 N–H and O–H groups in total. The van der Waals surface area contributed by atoms with Crippen molar-refractivity contribution in [2.24, 2.45) is 0 Å². The lowest BCUT2D eigenvalue weighted by Crippen LogP contribution is -2.41. The molecule has 0 atom stereocenters. The summed E-state index contributed by atoms with van der Waals surface area (Å²) < 4.78 is 5.49. The van der Waals surface area contributed by atoms with Gasteiger partial charge in [-0.1, -0.05) is 54.6 Å².